The molecule has 8 nitrogen and oxygen atoms in total. The van der Waals surface area contributed by atoms with Crippen molar-refractivity contribution in [3.63, 3.8) is 0 Å². The zero-order valence-electron chi connectivity index (χ0n) is 25.2. The van der Waals surface area contributed by atoms with Gasteiger partial charge in [0.1, 0.15) is 0 Å². The number of rotatable bonds is 24. The highest BCUT2D eigenvalue weighted by atomic mass is 16.5. The lowest BCUT2D eigenvalue weighted by Crippen LogP contribution is -2.45. The molecule has 1 aliphatic rings. The van der Waals surface area contributed by atoms with Crippen LogP contribution in [0.4, 0.5) is 0 Å². The van der Waals surface area contributed by atoms with E-state index in [-0.39, 0.29) is 26.1 Å². The fourth-order valence-electron chi connectivity index (χ4n) is 5.66. The van der Waals surface area contributed by atoms with Gasteiger partial charge in [-0.3, -0.25) is 19.2 Å². The van der Waals surface area contributed by atoms with Crippen LogP contribution in [-0.4, -0.2) is 47.3 Å². The molecule has 0 amide bonds. The van der Waals surface area contributed by atoms with Crippen molar-refractivity contribution in [3.8, 4) is 0 Å². The van der Waals surface area contributed by atoms with E-state index in [0.29, 0.717) is 12.8 Å². The fraction of sp³-hybridized carbons (Fsp3) is 0.875. The molecule has 0 spiro atoms. The number of ether oxygens (including phenoxy) is 2. The number of esters is 2. The van der Waals surface area contributed by atoms with Gasteiger partial charge in [-0.2, -0.15) is 0 Å². The molecule has 1 rings (SSSR count). The van der Waals surface area contributed by atoms with Crippen LogP contribution in [0.15, 0.2) is 0 Å². The Morgan fingerprint density at radius 2 is 0.750 bits per heavy atom. The van der Waals surface area contributed by atoms with Crippen molar-refractivity contribution in [1.82, 2.24) is 0 Å². The number of carboxylic acids is 2. The van der Waals surface area contributed by atoms with Crippen LogP contribution in [0.2, 0.25) is 0 Å². The maximum Gasteiger partial charge on any atom is 0.309 e. The van der Waals surface area contributed by atoms with Crippen molar-refractivity contribution in [3.05, 3.63) is 0 Å². The van der Waals surface area contributed by atoms with Crippen molar-refractivity contribution in [2.45, 2.75) is 142 Å². The predicted molar refractivity (Wildman–Crippen MR) is 155 cm³/mol. The number of carboxylic acid groups (broad SMARTS) is 2. The molecular formula is C32H56O8. The summed E-state index contributed by atoms with van der Waals surface area (Å²) < 4.78 is 10.8. The second kappa shape index (κ2) is 22.6. The summed E-state index contributed by atoms with van der Waals surface area (Å²) in [6.45, 7) is 4.80. The first-order valence-electron chi connectivity index (χ1n) is 16.1. The molecule has 4 atom stereocenters. The summed E-state index contributed by atoms with van der Waals surface area (Å²) in [5.74, 6) is -8.30. The molecule has 0 aliphatic heterocycles. The molecule has 232 valence electrons. The maximum absolute atomic E-state index is 12.9. The molecule has 1 aliphatic carbocycles. The highest BCUT2D eigenvalue weighted by Gasteiger charge is 2.50. The number of unbranched alkanes of at least 4 members (excludes halogenated alkanes) is 16. The van der Waals surface area contributed by atoms with Crippen LogP contribution < -0.4 is 0 Å². The number of aliphatic carboxylic acids is 2. The lowest BCUT2D eigenvalue weighted by molar-refractivity contribution is -0.172. The van der Waals surface area contributed by atoms with Gasteiger partial charge in [-0.15, -0.1) is 0 Å². The minimum absolute atomic E-state index is 0.179. The van der Waals surface area contributed by atoms with Gasteiger partial charge in [-0.25, -0.2) is 0 Å². The lowest BCUT2D eigenvalue weighted by Gasteiger charge is -2.35. The number of carbonyl (C=O) groups is 4. The Bertz CT molecular complexity index is 664. The molecule has 0 aromatic heterocycles. The van der Waals surface area contributed by atoms with Crippen molar-refractivity contribution >= 4 is 23.9 Å². The molecule has 0 bridgehead atoms. The third kappa shape index (κ3) is 15.0. The normalized spacial score (nSPS) is 20.6. The van der Waals surface area contributed by atoms with Crippen LogP contribution in [0.1, 0.15) is 142 Å². The van der Waals surface area contributed by atoms with Crippen LogP contribution in [0.5, 0.6) is 0 Å². The number of carbonyl (C=O) groups excluding carboxylic acids is 2. The van der Waals surface area contributed by atoms with E-state index in [2.05, 4.69) is 13.8 Å². The Morgan fingerprint density at radius 1 is 0.475 bits per heavy atom. The van der Waals surface area contributed by atoms with E-state index in [0.717, 1.165) is 38.5 Å². The van der Waals surface area contributed by atoms with Gasteiger partial charge in [0.05, 0.1) is 36.9 Å². The molecule has 1 saturated carbocycles. The predicted octanol–water partition coefficient (Wildman–Crippen LogP) is 7.56. The SMILES string of the molecule is CCCCCCCCCCCOC(=O)C1CC(C(=O)OCCCCCCCCCCC)C(C(=O)O)CC1C(=O)O. The molecule has 1 fully saturated rings. The van der Waals surface area contributed by atoms with E-state index in [1.807, 2.05) is 0 Å². The fourth-order valence-corrected chi connectivity index (χ4v) is 5.66. The summed E-state index contributed by atoms with van der Waals surface area (Å²) >= 11 is 0. The molecule has 4 unspecified atom stereocenters. The first kappa shape index (κ1) is 35.9. The van der Waals surface area contributed by atoms with E-state index in [1.165, 1.54) is 64.2 Å². The molecule has 0 heterocycles. The topological polar surface area (TPSA) is 127 Å². The average Bonchev–Trinajstić information content (AvgIpc) is 2.93. The molecule has 0 radical (unpaired) electrons. The summed E-state index contributed by atoms with van der Waals surface area (Å²) in [5.41, 5.74) is 0. The Balaban J connectivity index is 2.48. The first-order chi connectivity index (χ1) is 19.3. The van der Waals surface area contributed by atoms with Crippen molar-refractivity contribution in [2.24, 2.45) is 23.7 Å². The van der Waals surface area contributed by atoms with Gasteiger partial charge in [-0.1, -0.05) is 117 Å². The lowest BCUT2D eigenvalue weighted by atomic mass is 9.68. The molecule has 2 N–H and O–H groups in total. The molecule has 0 aromatic carbocycles. The largest absolute Gasteiger partial charge is 0.481 e. The Morgan fingerprint density at radius 3 is 1.05 bits per heavy atom. The minimum Gasteiger partial charge on any atom is -0.481 e. The average molecular weight is 569 g/mol. The summed E-state index contributed by atoms with van der Waals surface area (Å²) in [7, 11) is 0. The number of hydrogen-bond donors (Lipinski definition) is 2. The second-order valence-electron chi connectivity index (χ2n) is 11.6. The Kier molecular flexibility index (Phi) is 20.2. The quantitative estimate of drug-likeness (QED) is 0.0902. The summed E-state index contributed by atoms with van der Waals surface area (Å²) in [6, 6.07) is 0. The maximum atomic E-state index is 12.9. The third-order valence-electron chi connectivity index (χ3n) is 8.21. The highest BCUT2D eigenvalue weighted by molar-refractivity contribution is 5.86. The highest BCUT2D eigenvalue weighted by Crippen LogP contribution is 2.40. The van der Waals surface area contributed by atoms with Crippen molar-refractivity contribution < 1.29 is 38.9 Å². The molecule has 40 heavy (non-hydrogen) atoms. The Labute approximate surface area is 242 Å². The van der Waals surface area contributed by atoms with E-state index in [1.54, 1.807) is 0 Å². The zero-order valence-corrected chi connectivity index (χ0v) is 25.2. The summed E-state index contributed by atoms with van der Waals surface area (Å²) in [4.78, 5) is 49.5. The van der Waals surface area contributed by atoms with Gasteiger partial charge in [0.25, 0.3) is 0 Å². The standard InChI is InChI=1S/C32H56O8/c1-3-5-7-9-11-13-15-17-19-21-39-31(37)27-24-28(26(30(35)36)23-25(27)29(33)34)32(38)40-22-20-18-16-14-12-10-8-6-4-2/h25-28H,3-24H2,1-2H3,(H,33,34)(H,35,36). The van der Waals surface area contributed by atoms with Gasteiger partial charge in [0.2, 0.25) is 0 Å². The van der Waals surface area contributed by atoms with Crippen LogP contribution >= 0.6 is 0 Å². The summed E-state index contributed by atoms with van der Waals surface area (Å²) in [5, 5.41) is 19.4. The van der Waals surface area contributed by atoms with E-state index in [4.69, 9.17) is 9.47 Å². The molecule has 8 heteroatoms. The van der Waals surface area contributed by atoms with Crippen molar-refractivity contribution in [1.29, 1.82) is 0 Å². The smallest absolute Gasteiger partial charge is 0.309 e. The van der Waals surface area contributed by atoms with Crippen LogP contribution in [-0.2, 0) is 28.7 Å². The Hall–Kier alpha value is -2.12. The molecule has 0 aromatic rings. The summed E-state index contributed by atoms with van der Waals surface area (Å²) in [6.07, 6.45) is 19.7. The van der Waals surface area contributed by atoms with Gasteiger partial charge in [0.15, 0.2) is 0 Å². The van der Waals surface area contributed by atoms with Gasteiger partial charge in [-0.05, 0) is 25.7 Å². The van der Waals surface area contributed by atoms with Gasteiger partial charge < -0.3 is 19.7 Å². The van der Waals surface area contributed by atoms with Crippen LogP contribution in [0.3, 0.4) is 0 Å². The first-order valence-corrected chi connectivity index (χ1v) is 16.1. The monoisotopic (exact) mass is 568 g/mol. The van der Waals surface area contributed by atoms with E-state index < -0.39 is 47.5 Å². The van der Waals surface area contributed by atoms with Gasteiger partial charge in [0, 0.05) is 0 Å². The van der Waals surface area contributed by atoms with Crippen LogP contribution in [0, 0.1) is 23.7 Å². The molecular weight excluding hydrogens is 512 g/mol. The van der Waals surface area contributed by atoms with Crippen LogP contribution in [0.25, 0.3) is 0 Å². The third-order valence-corrected chi connectivity index (χ3v) is 8.21. The number of hydrogen-bond acceptors (Lipinski definition) is 6. The van der Waals surface area contributed by atoms with E-state index >= 15 is 0 Å². The minimum atomic E-state index is -1.24. The van der Waals surface area contributed by atoms with Crippen molar-refractivity contribution in [2.75, 3.05) is 13.2 Å². The zero-order chi connectivity index (χ0) is 29.6. The molecule has 0 saturated heterocycles. The second-order valence-corrected chi connectivity index (χ2v) is 11.6. The van der Waals surface area contributed by atoms with E-state index in [9.17, 15) is 29.4 Å². The van der Waals surface area contributed by atoms with Gasteiger partial charge >= 0.3 is 23.9 Å².